The summed E-state index contributed by atoms with van der Waals surface area (Å²) in [5.74, 6) is 0.904. The Morgan fingerprint density at radius 1 is 1.28 bits per heavy atom. The molecule has 0 amide bonds. The first-order valence-electron chi connectivity index (χ1n) is 5.50. The van der Waals surface area contributed by atoms with Crippen molar-refractivity contribution in [2.24, 2.45) is 10.9 Å². The van der Waals surface area contributed by atoms with Gasteiger partial charge in [0.2, 0.25) is 0 Å². The Morgan fingerprint density at radius 3 is 2.39 bits per heavy atom. The van der Waals surface area contributed by atoms with Crippen LogP contribution in [0.4, 0.5) is 0 Å². The number of hydrogen-bond donors (Lipinski definition) is 2. The van der Waals surface area contributed by atoms with Crippen molar-refractivity contribution < 1.29 is 9.94 Å². The fraction of sp³-hybridized carbons (Fsp3) is 0.154. The summed E-state index contributed by atoms with van der Waals surface area (Å²) in [6.07, 6.45) is 3.74. The number of rotatable bonds is 4. The van der Waals surface area contributed by atoms with Crippen LogP contribution in [0.15, 0.2) is 53.9 Å². The van der Waals surface area contributed by atoms with Gasteiger partial charge in [-0.05, 0) is 29.8 Å². The molecule has 1 atom stereocenters. The van der Waals surface area contributed by atoms with Gasteiger partial charge in [-0.3, -0.25) is 0 Å². The first kappa shape index (κ1) is 12.0. The zero-order valence-corrected chi connectivity index (χ0v) is 10.0. The molecule has 3 N–H and O–H groups in total. The zero-order valence-electron chi connectivity index (χ0n) is 10.0. The van der Waals surface area contributed by atoms with Crippen LogP contribution in [-0.4, -0.2) is 22.7 Å². The fourth-order valence-corrected chi connectivity index (χ4v) is 1.86. The van der Waals surface area contributed by atoms with Crippen molar-refractivity contribution in [1.82, 2.24) is 4.57 Å². The van der Waals surface area contributed by atoms with E-state index in [-0.39, 0.29) is 11.9 Å². The van der Waals surface area contributed by atoms with Crippen molar-refractivity contribution in [3.05, 3.63) is 54.4 Å². The maximum absolute atomic E-state index is 8.89. The third kappa shape index (κ3) is 2.29. The van der Waals surface area contributed by atoms with Crippen LogP contribution < -0.4 is 10.5 Å². The van der Waals surface area contributed by atoms with E-state index in [1.165, 1.54) is 0 Å². The van der Waals surface area contributed by atoms with Crippen LogP contribution in [0.5, 0.6) is 5.75 Å². The molecule has 94 valence electrons. The Labute approximate surface area is 105 Å². The van der Waals surface area contributed by atoms with E-state index >= 15 is 0 Å². The smallest absolute Gasteiger partial charge is 0.166 e. The van der Waals surface area contributed by atoms with Crippen molar-refractivity contribution in [1.29, 1.82) is 0 Å². The molecule has 2 rings (SSSR count). The molecule has 5 heteroatoms. The summed E-state index contributed by atoms with van der Waals surface area (Å²) in [5, 5.41) is 12.0. The van der Waals surface area contributed by atoms with Gasteiger partial charge in [0.15, 0.2) is 5.84 Å². The Hall–Kier alpha value is -2.43. The molecule has 0 aliphatic carbocycles. The molecule has 5 nitrogen and oxygen atoms in total. The third-order valence-electron chi connectivity index (χ3n) is 2.75. The van der Waals surface area contributed by atoms with Gasteiger partial charge in [-0.15, -0.1) is 0 Å². The molecule has 2 aromatic rings. The summed E-state index contributed by atoms with van der Waals surface area (Å²) in [4.78, 5) is 0. The number of nitrogens with two attached hydrogens (primary N) is 1. The van der Waals surface area contributed by atoms with Gasteiger partial charge in [0.05, 0.1) is 7.11 Å². The third-order valence-corrected chi connectivity index (χ3v) is 2.75. The highest BCUT2D eigenvalue weighted by atomic mass is 16.5. The summed E-state index contributed by atoms with van der Waals surface area (Å²) in [6, 6.07) is 10.9. The Morgan fingerprint density at radius 2 is 1.89 bits per heavy atom. The van der Waals surface area contributed by atoms with Crippen molar-refractivity contribution in [2.75, 3.05) is 7.11 Å². The number of benzene rings is 1. The van der Waals surface area contributed by atoms with Crippen LogP contribution in [0.3, 0.4) is 0 Å². The van der Waals surface area contributed by atoms with Crippen molar-refractivity contribution >= 4 is 5.84 Å². The number of hydrogen-bond acceptors (Lipinski definition) is 3. The van der Waals surface area contributed by atoms with Gasteiger partial charge in [-0.2, -0.15) is 0 Å². The summed E-state index contributed by atoms with van der Waals surface area (Å²) in [6.45, 7) is 0. The molecule has 0 saturated heterocycles. The van der Waals surface area contributed by atoms with Crippen molar-refractivity contribution in [3.8, 4) is 5.75 Å². The van der Waals surface area contributed by atoms with Gasteiger partial charge in [-0.1, -0.05) is 17.3 Å². The fourth-order valence-electron chi connectivity index (χ4n) is 1.86. The molecule has 0 fully saturated rings. The first-order valence-corrected chi connectivity index (χ1v) is 5.50. The highest BCUT2D eigenvalue weighted by Crippen LogP contribution is 2.21. The molecule has 1 aromatic heterocycles. The van der Waals surface area contributed by atoms with Crippen molar-refractivity contribution in [3.63, 3.8) is 0 Å². The molecular weight excluding hydrogens is 230 g/mol. The molecule has 18 heavy (non-hydrogen) atoms. The van der Waals surface area contributed by atoms with Crippen molar-refractivity contribution in [2.45, 2.75) is 6.04 Å². The largest absolute Gasteiger partial charge is 0.497 e. The lowest BCUT2D eigenvalue weighted by molar-refractivity contribution is 0.315. The lowest BCUT2D eigenvalue weighted by Gasteiger charge is -2.18. The molecule has 1 unspecified atom stereocenters. The summed E-state index contributed by atoms with van der Waals surface area (Å²) < 4.78 is 6.98. The van der Waals surface area contributed by atoms with E-state index in [9.17, 15) is 0 Å². The Balaban J connectivity index is 2.40. The second kappa shape index (κ2) is 5.27. The number of ether oxygens (including phenoxy) is 1. The van der Waals surface area contributed by atoms with E-state index in [2.05, 4.69) is 5.16 Å². The van der Waals surface area contributed by atoms with E-state index in [1.807, 2.05) is 53.4 Å². The normalized spacial score (nSPS) is 13.3. The van der Waals surface area contributed by atoms with Crippen LogP contribution in [0.2, 0.25) is 0 Å². The quantitative estimate of drug-likeness (QED) is 0.373. The lowest BCUT2D eigenvalue weighted by atomic mass is 10.1. The van der Waals surface area contributed by atoms with Gasteiger partial charge in [0, 0.05) is 12.4 Å². The minimum absolute atomic E-state index is 0.136. The number of aromatic nitrogens is 1. The second-order valence-corrected chi connectivity index (χ2v) is 3.83. The average Bonchev–Trinajstić information content (AvgIpc) is 2.93. The summed E-state index contributed by atoms with van der Waals surface area (Å²) in [7, 11) is 1.61. The molecule has 0 aliphatic rings. The Kier molecular flexibility index (Phi) is 3.52. The number of oxime groups is 1. The van der Waals surface area contributed by atoms with E-state index in [0.29, 0.717) is 0 Å². The van der Waals surface area contributed by atoms with E-state index in [1.54, 1.807) is 7.11 Å². The first-order chi connectivity index (χ1) is 8.76. The lowest BCUT2D eigenvalue weighted by Crippen LogP contribution is -2.27. The average molecular weight is 245 g/mol. The number of amidine groups is 1. The predicted molar refractivity (Wildman–Crippen MR) is 69.0 cm³/mol. The molecule has 0 bridgehead atoms. The van der Waals surface area contributed by atoms with Gasteiger partial charge < -0.3 is 20.2 Å². The molecule has 1 aromatic carbocycles. The number of nitrogens with zero attached hydrogens (tertiary/aromatic N) is 2. The molecule has 1 heterocycles. The molecule has 0 spiro atoms. The highest BCUT2D eigenvalue weighted by molar-refractivity contribution is 5.86. The predicted octanol–water partition coefficient (Wildman–Crippen LogP) is 1.83. The second-order valence-electron chi connectivity index (χ2n) is 3.83. The van der Waals surface area contributed by atoms with E-state index in [0.717, 1.165) is 11.3 Å². The van der Waals surface area contributed by atoms with Crippen LogP contribution in [0, 0.1) is 0 Å². The van der Waals surface area contributed by atoms with Gasteiger partial charge in [0.1, 0.15) is 11.8 Å². The topological polar surface area (TPSA) is 72.8 Å². The molecule has 0 radical (unpaired) electrons. The number of methoxy groups -OCH3 is 1. The SMILES string of the molecule is COc1ccc(C(/C(N)=N/O)n2cccc2)cc1. The van der Waals surface area contributed by atoms with Crippen LogP contribution in [0.25, 0.3) is 0 Å². The minimum atomic E-state index is -0.323. The van der Waals surface area contributed by atoms with E-state index < -0.39 is 0 Å². The standard InChI is InChI=1S/C13H15N3O2/c1-18-11-6-4-10(5-7-11)12(13(14)15-17)16-8-2-3-9-16/h2-9,12,17H,1H3,(H2,14,15). The maximum atomic E-state index is 8.89. The molecule has 0 saturated carbocycles. The van der Waals surface area contributed by atoms with E-state index in [4.69, 9.17) is 15.7 Å². The van der Waals surface area contributed by atoms with Gasteiger partial charge in [-0.25, -0.2) is 0 Å². The van der Waals surface area contributed by atoms with Crippen LogP contribution in [-0.2, 0) is 0 Å². The van der Waals surface area contributed by atoms with Gasteiger partial charge in [0.25, 0.3) is 0 Å². The summed E-state index contributed by atoms with van der Waals surface area (Å²) in [5.41, 5.74) is 6.68. The van der Waals surface area contributed by atoms with Crippen LogP contribution >= 0.6 is 0 Å². The monoisotopic (exact) mass is 245 g/mol. The summed E-state index contributed by atoms with van der Waals surface area (Å²) >= 11 is 0. The molecular formula is C13H15N3O2. The highest BCUT2D eigenvalue weighted by Gasteiger charge is 2.17. The van der Waals surface area contributed by atoms with Crippen LogP contribution in [0.1, 0.15) is 11.6 Å². The maximum Gasteiger partial charge on any atom is 0.166 e. The zero-order chi connectivity index (χ0) is 13.0. The molecule has 0 aliphatic heterocycles. The van der Waals surface area contributed by atoms with Gasteiger partial charge >= 0.3 is 0 Å². The minimum Gasteiger partial charge on any atom is -0.497 e. The Bertz CT molecular complexity index is 518.